The second-order valence-electron chi connectivity index (χ2n) is 11.3. The molecule has 8 heteroatoms. The van der Waals surface area contributed by atoms with Crippen LogP contribution in [0.3, 0.4) is 0 Å². The van der Waals surface area contributed by atoms with Crippen LogP contribution in [0.1, 0.15) is 61.4 Å². The van der Waals surface area contributed by atoms with E-state index in [-0.39, 0.29) is 17.7 Å². The van der Waals surface area contributed by atoms with Crippen molar-refractivity contribution >= 4 is 23.4 Å². The summed E-state index contributed by atoms with van der Waals surface area (Å²) in [6.07, 6.45) is 5.24. The average molecular weight is 548 g/mol. The molecule has 0 bridgehead atoms. The quantitative estimate of drug-likeness (QED) is 0.398. The van der Waals surface area contributed by atoms with Gasteiger partial charge >= 0.3 is 0 Å². The third kappa shape index (κ3) is 7.02. The minimum Gasteiger partial charge on any atom is -0.378 e. The molecule has 2 aliphatic heterocycles. The molecule has 2 aliphatic rings. The lowest BCUT2D eigenvalue weighted by atomic mass is 9.81. The number of likely N-dealkylation sites (tertiary alicyclic amines) is 1. The summed E-state index contributed by atoms with van der Waals surface area (Å²) in [5.74, 6) is -0.0505. The number of amides is 3. The number of hydrogen-bond acceptors (Lipinski definition) is 5. The molecule has 216 valence electrons. The number of piperazine rings is 1. The van der Waals surface area contributed by atoms with E-state index in [1.54, 1.807) is 0 Å². The molecular formula is C32H45N5O3. The summed E-state index contributed by atoms with van der Waals surface area (Å²) in [7, 11) is 3.93. The molecule has 2 fully saturated rings. The van der Waals surface area contributed by atoms with Crippen LogP contribution in [0.25, 0.3) is 0 Å². The summed E-state index contributed by atoms with van der Waals surface area (Å²) in [6.45, 7) is 5.80. The summed E-state index contributed by atoms with van der Waals surface area (Å²) in [5.41, 5.74) is 2.26. The molecule has 2 aromatic carbocycles. The molecule has 2 saturated heterocycles. The molecule has 3 amide bonds. The molecule has 0 unspecified atom stereocenters. The van der Waals surface area contributed by atoms with Gasteiger partial charge in [-0.25, -0.2) is 0 Å². The predicted octanol–water partition coefficient (Wildman–Crippen LogP) is 3.47. The molecule has 40 heavy (non-hydrogen) atoms. The summed E-state index contributed by atoms with van der Waals surface area (Å²) in [4.78, 5) is 45.9. The SMILES string of the molecule is CCCN1C(=O)[C@H](CCCCNC(=O)c2ccc(N(C)C)cc2)NC(=O)C12CCN(CCc1ccccc1)CC2. The predicted molar refractivity (Wildman–Crippen MR) is 159 cm³/mol. The van der Waals surface area contributed by atoms with Gasteiger partial charge in [0.25, 0.3) is 5.91 Å². The summed E-state index contributed by atoms with van der Waals surface area (Å²) >= 11 is 0. The summed E-state index contributed by atoms with van der Waals surface area (Å²) < 4.78 is 0. The molecular weight excluding hydrogens is 502 g/mol. The van der Waals surface area contributed by atoms with Crippen molar-refractivity contribution in [1.29, 1.82) is 0 Å². The number of carbonyl (C=O) groups is 3. The van der Waals surface area contributed by atoms with Crippen LogP contribution >= 0.6 is 0 Å². The van der Waals surface area contributed by atoms with Crippen LogP contribution in [0.15, 0.2) is 54.6 Å². The highest BCUT2D eigenvalue weighted by Gasteiger charge is 2.52. The van der Waals surface area contributed by atoms with Crippen LogP contribution < -0.4 is 15.5 Å². The zero-order valence-corrected chi connectivity index (χ0v) is 24.3. The normalized spacial score (nSPS) is 19.0. The number of piperidine rings is 1. The number of benzene rings is 2. The van der Waals surface area contributed by atoms with Gasteiger partial charge in [-0.2, -0.15) is 0 Å². The van der Waals surface area contributed by atoms with Gasteiger partial charge in [0.05, 0.1) is 0 Å². The zero-order valence-electron chi connectivity index (χ0n) is 24.3. The van der Waals surface area contributed by atoms with Crippen molar-refractivity contribution in [2.24, 2.45) is 0 Å². The third-order valence-corrected chi connectivity index (χ3v) is 8.35. The highest BCUT2D eigenvalue weighted by Crippen LogP contribution is 2.34. The smallest absolute Gasteiger partial charge is 0.251 e. The maximum absolute atomic E-state index is 13.6. The van der Waals surface area contributed by atoms with Crippen molar-refractivity contribution in [3.05, 3.63) is 65.7 Å². The lowest BCUT2D eigenvalue weighted by molar-refractivity contribution is -0.161. The minimum absolute atomic E-state index is 0.00253. The van der Waals surface area contributed by atoms with Gasteiger partial charge in [0, 0.05) is 58.1 Å². The Morgan fingerprint density at radius 3 is 2.35 bits per heavy atom. The topological polar surface area (TPSA) is 85.0 Å². The van der Waals surface area contributed by atoms with E-state index in [9.17, 15) is 14.4 Å². The Morgan fingerprint density at radius 2 is 1.70 bits per heavy atom. The monoisotopic (exact) mass is 547 g/mol. The first kappa shape index (κ1) is 29.6. The molecule has 8 nitrogen and oxygen atoms in total. The lowest BCUT2D eigenvalue weighted by Crippen LogP contribution is -2.72. The van der Waals surface area contributed by atoms with Gasteiger partial charge in [0.1, 0.15) is 11.6 Å². The van der Waals surface area contributed by atoms with E-state index in [0.29, 0.717) is 37.9 Å². The maximum atomic E-state index is 13.6. The number of nitrogens with zero attached hydrogens (tertiary/aromatic N) is 3. The van der Waals surface area contributed by atoms with E-state index in [0.717, 1.165) is 51.0 Å². The number of anilines is 1. The number of unbranched alkanes of at least 4 members (excludes halogenated alkanes) is 1. The first-order valence-electron chi connectivity index (χ1n) is 14.8. The second kappa shape index (κ2) is 13.8. The molecule has 0 saturated carbocycles. The van der Waals surface area contributed by atoms with E-state index in [1.807, 2.05) is 54.2 Å². The zero-order chi connectivity index (χ0) is 28.5. The first-order chi connectivity index (χ1) is 19.3. The first-order valence-corrected chi connectivity index (χ1v) is 14.8. The fourth-order valence-corrected chi connectivity index (χ4v) is 5.88. The Bertz CT molecular complexity index is 1130. The number of hydrogen-bond donors (Lipinski definition) is 2. The van der Waals surface area contributed by atoms with E-state index in [4.69, 9.17) is 0 Å². The van der Waals surface area contributed by atoms with Crippen LogP contribution in [-0.2, 0) is 16.0 Å². The molecule has 1 spiro atoms. The van der Waals surface area contributed by atoms with Crippen molar-refractivity contribution in [3.8, 4) is 0 Å². The Kier molecular flexibility index (Phi) is 10.2. The molecule has 2 aromatic rings. The van der Waals surface area contributed by atoms with Crippen LogP contribution in [0.5, 0.6) is 0 Å². The highest BCUT2D eigenvalue weighted by atomic mass is 16.2. The van der Waals surface area contributed by atoms with Crippen LogP contribution in [0.2, 0.25) is 0 Å². The Hall–Kier alpha value is -3.39. The molecule has 1 atom stereocenters. The Morgan fingerprint density at radius 1 is 1.00 bits per heavy atom. The van der Waals surface area contributed by atoms with Crippen molar-refractivity contribution in [3.63, 3.8) is 0 Å². The summed E-state index contributed by atoms with van der Waals surface area (Å²) in [5, 5.41) is 6.05. The van der Waals surface area contributed by atoms with Crippen LogP contribution in [-0.4, -0.2) is 85.9 Å². The molecule has 2 N–H and O–H groups in total. The van der Waals surface area contributed by atoms with E-state index >= 15 is 0 Å². The highest BCUT2D eigenvalue weighted by molar-refractivity contribution is 6.00. The van der Waals surface area contributed by atoms with Crippen LogP contribution in [0.4, 0.5) is 5.69 Å². The van der Waals surface area contributed by atoms with Gasteiger partial charge in [-0.15, -0.1) is 0 Å². The van der Waals surface area contributed by atoms with Gasteiger partial charge in [-0.05, 0) is 74.8 Å². The van der Waals surface area contributed by atoms with Crippen LogP contribution in [0, 0.1) is 0 Å². The third-order valence-electron chi connectivity index (χ3n) is 8.35. The maximum Gasteiger partial charge on any atom is 0.251 e. The Labute approximate surface area is 239 Å². The fourth-order valence-electron chi connectivity index (χ4n) is 5.88. The molecule has 2 heterocycles. The number of rotatable bonds is 12. The largest absolute Gasteiger partial charge is 0.378 e. The molecule has 4 rings (SSSR count). The van der Waals surface area contributed by atoms with Gasteiger partial charge < -0.3 is 25.3 Å². The van der Waals surface area contributed by atoms with E-state index < -0.39 is 11.6 Å². The van der Waals surface area contributed by atoms with E-state index in [1.165, 1.54) is 5.56 Å². The lowest BCUT2D eigenvalue weighted by Gasteiger charge is -2.51. The van der Waals surface area contributed by atoms with Crippen molar-refractivity contribution in [2.75, 3.05) is 51.7 Å². The van der Waals surface area contributed by atoms with Crippen molar-refractivity contribution in [1.82, 2.24) is 20.4 Å². The van der Waals surface area contributed by atoms with Crippen molar-refractivity contribution < 1.29 is 14.4 Å². The second-order valence-corrected chi connectivity index (χ2v) is 11.3. The van der Waals surface area contributed by atoms with E-state index in [2.05, 4.69) is 46.7 Å². The molecule has 0 radical (unpaired) electrons. The van der Waals surface area contributed by atoms with Crippen molar-refractivity contribution in [2.45, 2.75) is 63.5 Å². The standard InChI is InChI=1S/C32H45N5O3/c1-4-21-37-30(39)28(12-8-9-20-33-29(38)26-13-15-27(16-14-26)35(2)3)34-31(40)32(37)18-23-36(24-19-32)22-17-25-10-6-5-7-11-25/h5-7,10-11,13-16,28H,4,8-9,12,17-24H2,1-3H3,(H,33,38)(H,34,40)/t28-/m0/s1. The van der Waals surface area contributed by atoms with Gasteiger partial charge in [0.15, 0.2) is 0 Å². The minimum atomic E-state index is -0.733. The number of carbonyl (C=O) groups excluding carboxylic acids is 3. The fraction of sp³-hybridized carbons (Fsp3) is 0.531. The van der Waals surface area contributed by atoms with Gasteiger partial charge in [0.2, 0.25) is 11.8 Å². The average Bonchev–Trinajstić information content (AvgIpc) is 2.97. The molecule has 0 aliphatic carbocycles. The van der Waals surface area contributed by atoms with Gasteiger partial charge in [-0.1, -0.05) is 37.3 Å². The number of nitrogens with one attached hydrogen (secondary N) is 2. The Balaban J connectivity index is 1.24. The summed E-state index contributed by atoms with van der Waals surface area (Å²) in [6, 6.07) is 17.5. The molecule has 0 aromatic heterocycles. The van der Waals surface area contributed by atoms with Gasteiger partial charge in [-0.3, -0.25) is 14.4 Å².